The van der Waals surface area contributed by atoms with Crippen LogP contribution in [-0.4, -0.2) is 30.4 Å². The van der Waals surface area contributed by atoms with Crippen molar-refractivity contribution < 1.29 is 19.1 Å². The first-order valence-corrected chi connectivity index (χ1v) is 7.01. The highest BCUT2D eigenvalue weighted by molar-refractivity contribution is 6.30. The van der Waals surface area contributed by atoms with Crippen molar-refractivity contribution in [3.8, 4) is 0 Å². The van der Waals surface area contributed by atoms with Crippen molar-refractivity contribution in [3.63, 3.8) is 0 Å². The maximum Gasteiger partial charge on any atom is 0.330 e. The number of carbonyl (C=O) groups is 3. The van der Waals surface area contributed by atoms with E-state index >= 15 is 0 Å². The molecule has 22 heavy (non-hydrogen) atoms. The summed E-state index contributed by atoms with van der Waals surface area (Å²) in [6.07, 6.45) is 2.71. The minimum absolute atomic E-state index is 0.0908. The van der Waals surface area contributed by atoms with Crippen molar-refractivity contribution >= 4 is 29.4 Å². The Labute approximate surface area is 133 Å². The topological polar surface area (TPSA) is 98.5 Å². The molecule has 1 aromatic carbocycles. The first kappa shape index (κ1) is 17.7. The number of nitrogens with one attached hydrogen (secondary N) is 1. The van der Waals surface area contributed by atoms with E-state index in [4.69, 9.17) is 22.1 Å². The molecule has 0 aromatic heterocycles. The lowest BCUT2D eigenvalue weighted by atomic mass is 10.1. The standard InChI is InChI=1S/C15H17ClN2O4/c1-2-22-13(19)5-3-4-12(14(17)20)18-15(21)10-6-8-11(16)9-7-10/h3,5-9,12H,2,4H2,1H3,(H2,17,20)(H,18,21)/b5-3+/t12-/m1/s1. The number of hydrogen-bond donors (Lipinski definition) is 2. The van der Waals surface area contributed by atoms with Gasteiger partial charge in [-0.25, -0.2) is 4.79 Å². The summed E-state index contributed by atoms with van der Waals surface area (Å²) in [6, 6.07) is 5.27. The molecule has 118 valence electrons. The molecule has 0 radical (unpaired) electrons. The molecule has 6 nitrogen and oxygen atoms in total. The summed E-state index contributed by atoms with van der Waals surface area (Å²) in [7, 11) is 0. The molecule has 0 unspecified atom stereocenters. The quantitative estimate of drug-likeness (QED) is 0.585. The van der Waals surface area contributed by atoms with Crippen molar-refractivity contribution in [2.75, 3.05) is 6.61 Å². The molecule has 1 rings (SSSR count). The summed E-state index contributed by atoms with van der Waals surface area (Å²) < 4.78 is 4.70. The van der Waals surface area contributed by atoms with E-state index in [1.807, 2.05) is 0 Å². The van der Waals surface area contributed by atoms with Crippen molar-refractivity contribution in [1.29, 1.82) is 0 Å². The van der Waals surface area contributed by atoms with Crippen molar-refractivity contribution in [2.45, 2.75) is 19.4 Å². The summed E-state index contributed by atoms with van der Waals surface area (Å²) in [5.41, 5.74) is 5.59. The van der Waals surface area contributed by atoms with Gasteiger partial charge in [0.15, 0.2) is 0 Å². The molecular formula is C15H17ClN2O4. The maximum absolute atomic E-state index is 12.0. The number of primary amides is 1. The Hall–Kier alpha value is -2.34. The molecule has 0 bridgehead atoms. The molecule has 0 fully saturated rings. The fourth-order valence-electron chi connectivity index (χ4n) is 1.58. The number of ether oxygens (including phenoxy) is 1. The highest BCUT2D eigenvalue weighted by Gasteiger charge is 2.17. The Morgan fingerprint density at radius 2 is 1.95 bits per heavy atom. The third-order valence-corrected chi connectivity index (χ3v) is 2.92. The van der Waals surface area contributed by atoms with E-state index in [0.717, 1.165) is 0 Å². The van der Waals surface area contributed by atoms with Gasteiger partial charge in [-0.3, -0.25) is 9.59 Å². The maximum atomic E-state index is 12.0. The van der Waals surface area contributed by atoms with E-state index in [9.17, 15) is 14.4 Å². The van der Waals surface area contributed by atoms with Crippen LogP contribution in [0.5, 0.6) is 0 Å². The van der Waals surface area contributed by atoms with Gasteiger partial charge in [-0.1, -0.05) is 17.7 Å². The van der Waals surface area contributed by atoms with E-state index in [1.54, 1.807) is 19.1 Å². The highest BCUT2D eigenvalue weighted by atomic mass is 35.5. The molecule has 0 saturated heterocycles. The average Bonchev–Trinajstić information content (AvgIpc) is 2.46. The van der Waals surface area contributed by atoms with Crippen LogP contribution in [0.25, 0.3) is 0 Å². The van der Waals surface area contributed by atoms with Gasteiger partial charge in [0.25, 0.3) is 5.91 Å². The molecular weight excluding hydrogens is 308 g/mol. The van der Waals surface area contributed by atoms with Gasteiger partial charge >= 0.3 is 5.97 Å². The number of benzene rings is 1. The molecule has 3 N–H and O–H groups in total. The Morgan fingerprint density at radius 3 is 2.50 bits per heavy atom. The number of esters is 1. The van der Waals surface area contributed by atoms with Gasteiger partial charge in [-0.2, -0.15) is 0 Å². The van der Waals surface area contributed by atoms with E-state index in [-0.39, 0.29) is 13.0 Å². The molecule has 2 amide bonds. The molecule has 0 heterocycles. The molecule has 0 aliphatic rings. The predicted molar refractivity (Wildman–Crippen MR) is 82.3 cm³/mol. The first-order valence-electron chi connectivity index (χ1n) is 6.63. The molecule has 1 atom stereocenters. The van der Waals surface area contributed by atoms with Gasteiger partial charge in [0, 0.05) is 16.7 Å². The zero-order valence-electron chi connectivity index (χ0n) is 12.0. The van der Waals surface area contributed by atoms with Gasteiger partial charge in [0.05, 0.1) is 6.61 Å². The second-order valence-corrected chi connectivity index (χ2v) is 4.76. The first-order chi connectivity index (χ1) is 10.4. The van der Waals surface area contributed by atoms with Gasteiger partial charge in [-0.05, 0) is 37.6 Å². The summed E-state index contributed by atoms with van der Waals surface area (Å²) in [6.45, 7) is 1.94. The summed E-state index contributed by atoms with van der Waals surface area (Å²) in [5, 5.41) is 3.00. The van der Waals surface area contributed by atoms with Crippen LogP contribution in [0.2, 0.25) is 5.02 Å². The van der Waals surface area contributed by atoms with E-state index in [1.165, 1.54) is 24.3 Å². The van der Waals surface area contributed by atoms with Crippen LogP contribution in [0.4, 0.5) is 0 Å². The van der Waals surface area contributed by atoms with E-state index in [0.29, 0.717) is 10.6 Å². The van der Waals surface area contributed by atoms with Gasteiger partial charge in [0.2, 0.25) is 5.91 Å². The monoisotopic (exact) mass is 324 g/mol. The SMILES string of the molecule is CCOC(=O)/C=C/C[C@@H](NC(=O)c1ccc(Cl)cc1)C(N)=O. The Bertz CT molecular complexity index is 569. The van der Waals surface area contributed by atoms with E-state index in [2.05, 4.69) is 5.32 Å². The lowest BCUT2D eigenvalue weighted by Gasteiger charge is -2.13. The van der Waals surface area contributed by atoms with Crippen molar-refractivity contribution in [2.24, 2.45) is 5.73 Å². The van der Waals surface area contributed by atoms with Crippen LogP contribution >= 0.6 is 11.6 Å². The number of rotatable bonds is 7. The summed E-state index contributed by atoms with van der Waals surface area (Å²) >= 11 is 5.74. The van der Waals surface area contributed by atoms with Crippen LogP contribution in [0.15, 0.2) is 36.4 Å². The van der Waals surface area contributed by atoms with Crippen LogP contribution in [0.3, 0.4) is 0 Å². The molecule has 0 spiro atoms. The third-order valence-electron chi connectivity index (χ3n) is 2.67. The van der Waals surface area contributed by atoms with Gasteiger partial charge in [0.1, 0.15) is 6.04 Å². The van der Waals surface area contributed by atoms with Gasteiger partial charge < -0.3 is 15.8 Å². The Morgan fingerprint density at radius 1 is 1.32 bits per heavy atom. The van der Waals surface area contributed by atoms with Crippen LogP contribution in [0, 0.1) is 0 Å². The second-order valence-electron chi connectivity index (χ2n) is 4.33. The largest absolute Gasteiger partial charge is 0.463 e. The lowest BCUT2D eigenvalue weighted by Crippen LogP contribution is -2.44. The Balaban J connectivity index is 2.64. The van der Waals surface area contributed by atoms with Crippen molar-refractivity contribution in [3.05, 3.63) is 47.0 Å². The zero-order chi connectivity index (χ0) is 16.5. The average molecular weight is 325 g/mol. The lowest BCUT2D eigenvalue weighted by molar-refractivity contribution is -0.137. The molecule has 7 heteroatoms. The number of nitrogens with two attached hydrogens (primary N) is 1. The fraction of sp³-hybridized carbons (Fsp3) is 0.267. The minimum atomic E-state index is -0.922. The molecule has 1 aromatic rings. The normalized spacial score (nSPS) is 11.9. The third kappa shape index (κ3) is 5.97. The van der Waals surface area contributed by atoms with Crippen LogP contribution in [-0.2, 0) is 14.3 Å². The molecule has 0 aliphatic heterocycles. The smallest absolute Gasteiger partial charge is 0.330 e. The minimum Gasteiger partial charge on any atom is -0.463 e. The van der Waals surface area contributed by atoms with Crippen molar-refractivity contribution in [1.82, 2.24) is 5.32 Å². The van der Waals surface area contributed by atoms with Crippen LogP contribution < -0.4 is 11.1 Å². The Kier molecular flexibility index (Phi) is 7.12. The predicted octanol–water partition coefficient (Wildman–Crippen LogP) is 1.43. The van der Waals surface area contributed by atoms with Crippen LogP contribution in [0.1, 0.15) is 23.7 Å². The number of hydrogen-bond acceptors (Lipinski definition) is 4. The number of halogens is 1. The van der Waals surface area contributed by atoms with Gasteiger partial charge in [-0.15, -0.1) is 0 Å². The zero-order valence-corrected chi connectivity index (χ0v) is 12.8. The number of amides is 2. The highest BCUT2D eigenvalue weighted by Crippen LogP contribution is 2.09. The fourth-order valence-corrected chi connectivity index (χ4v) is 1.71. The number of carbonyl (C=O) groups excluding carboxylic acids is 3. The van der Waals surface area contributed by atoms with E-state index < -0.39 is 23.8 Å². The molecule has 0 aliphatic carbocycles. The second kappa shape index (κ2) is 8.84. The molecule has 0 saturated carbocycles. The summed E-state index contributed by atoms with van der Waals surface area (Å²) in [5.74, 6) is -1.67. The summed E-state index contributed by atoms with van der Waals surface area (Å²) in [4.78, 5) is 34.5.